The maximum absolute atomic E-state index is 12.4. The Bertz CT molecular complexity index is 721. The van der Waals surface area contributed by atoms with Gasteiger partial charge in [0.1, 0.15) is 11.9 Å². The van der Waals surface area contributed by atoms with Gasteiger partial charge in [-0.2, -0.15) is 0 Å². The predicted octanol–water partition coefficient (Wildman–Crippen LogP) is 2.39. The van der Waals surface area contributed by atoms with Crippen molar-refractivity contribution in [1.29, 1.82) is 0 Å². The number of rotatable bonds is 3. The van der Waals surface area contributed by atoms with Crippen molar-refractivity contribution in [3.8, 4) is 0 Å². The Morgan fingerprint density at radius 1 is 1.52 bits per heavy atom. The highest BCUT2D eigenvalue weighted by Crippen LogP contribution is 2.33. The van der Waals surface area contributed by atoms with Gasteiger partial charge in [-0.25, -0.2) is 4.98 Å². The van der Waals surface area contributed by atoms with Crippen LogP contribution in [-0.2, 0) is 28.9 Å². The van der Waals surface area contributed by atoms with Gasteiger partial charge in [0, 0.05) is 30.1 Å². The fourth-order valence-corrected chi connectivity index (χ4v) is 4.54. The van der Waals surface area contributed by atoms with Gasteiger partial charge >= 0.3 is 0 Å². The smallest absolute Gasteiger partial charge is 0.223 e. The number of carbonyl (C=O) groups excluding carboxylic acids is 1. The Morgan fingerprint density at radius 3 is 3.35 bits per heavy atom. The number of fused-ring (bicyclic) bond motifs is 2. The molecular formula is C17H21N3O2S. The zero-order chi connectivity index (χ0) is 15.8. The van der Waals surface area contributed by atoms with Crippen LogP contribution in [0.5, 0.6) is 0 Å². The molecule has 0 unspecified atom stereocenters. The lowest BCUT2D eigenvalue weighted by molar-refractivity contribution is -0.125. The van der Waals surface area contributed by atoms with Crippen molar-refractivity contribution in [1.82, 2.24) is 14.9 Å². The number of nitrogens with zero attached hydrogens (tertiary/aromatic N) is 2. The fourth-order valence-electron chi connectivity index (χ4n) is 3.53. The van der Waals surface area contributed by atoms with Crippen LogP contribution in [0.3, 0.4) is 0 Å². The number of hydrogen-bond donors (Lipinski definition) is 1. The van der Waals surface area contributed by atoms with Gasteiger partial charge in [-0.15, -0.1) is 11.3 Å². The first-order chi connectivity index (χ1) is 11.2. The predicted molar refractivity (Wildman–Crippen MR) is 88.5 cm³/mol. The van der Waals surface area contributed by atoms with Crippen molar-refractivity contribution in [2.75, 3.05) is 6.61 Å². The van der Waals surface area contributed by atoms with Crippen LogP contribution >= 0.6 is 11.3 Å². The van der Waals surface area contributed by atoms with Gasteiger partial charge in [0.05, 0.1) is 18.7 Å². The van der Waals surface area contributed by atoms with Gasteiger partial charge in [-0.05, 0) is 36.8 Å². The van der Waals surface area contributed by atoms with E-state index in [0.29, 0.717) is 13.0 Å². The molecule has 2 atom stereocenters. The van der Waals surface area contributed by atoms with Gasteiger partial charge in [0.15, 0.2) is 0 Å². The lowest BCUT2D eigenvalue weighted by Crippen LogP contribution is -2.41. The number of aryl methyl sites for hydroxylation is 2. The lowest BCUT2D eigenvalue weighted by atomic mass is 10.0. The molecule has 0 bridgehead atoms. The minimum absolute atomic E-state index is 0.0756. The molecule has 4 rings (SSSR count). The SMILES string of the molecule is Cc1cn2c(n1)CC[C@H](NC(=O)C[C@H]1OCCc3ccsc31)C2. The first-order valence-corrected chi connectivity index (χ1v) is 9.07. The average Bonchev–Trinajstić information content (AvgIpc) is 3.12. The standard InChI is InChI=1S/C17H21N3O2S/c1-11-9-20-10-13(2-3-15(20)18-11)19-16(21)8-14-17-12(4-6-22-14)5-7-23-17/h5,7,9,13-14H,2-4,6,8,10H2,1H3,(H,19,21)/t13-,14+/m0/s1. The number of amides is 1. The normalized spacial score (nSPS) is 23.2. The minimum Gasteiger partial charge on any atom is -0.372 e. The molecule has 122 valence electrons. The number of ether oxygens (including phenoxy) is 1. The van der Waals surface area contributed by atoms with E-state index in [2.05, 4.69) is 32.5 Å². The lowest BCUT2D eigenvalue weighted by Gasteiger charge is -2.27. The molecule has 6 heteroatoms. The summed E-state index contributed by atoms with van der Waals surface area (Å²) in [6.45, 7) is 3.54. The third-order valence-electron chi connectivity index (χ3n) is 4.61. The maximum Gasteiger partial charge on any atom is 0.223 e. The van der Waals surface area contributed by atoms with Gasteiger partial charge < -0.3 is 14.6 Å². The second kappa shape index (κ2) is 6.09. The van der Waals surface area contributed by atoms with Gasteiger partial charge in [0.25, 0.3) is 0 Å². The van der Waals surface area contributed by atoms with Crippen LogP contribution < -0.4 is 5.32 Å². The van der Waals surface area contributed by atoms with Crippen molar-refractivity contribution in [2.45, 2.75) is 51.3 Å². The molecule has 23 heavy (non-hydrogen) atoms. The van der Waals surface area contributed by atoms with E-state index in [1.54, 1.807) is 11.3 Å². The van der Waals surface area contributed by atoms with E-state index < -0.39 is 0 Å². The number of imidazole rings is 1. The van der Waals surface area contributed by atoms with E-state index in [9.17, 15) is 4.79 Å². The Balaban J connectivity index is 1.37. The molecule has 0 fully saturated rings. The molecule has 1 N–H and O–H groups in total. The van der Waals surface area contributed by atoms with E-state index in [0.717, 1.165) is 37.3 Å². The molecule has 4 heterocycles. The minimum atomic E-state index is -0.0756. The van der Waals surface area contributed by atoms with Crippen LogP contribution in [0.1, 0.15) is 40.9 Å². The second-order valence-corrected chi connectivity index (χ2v) is 7.33. The number of hydrogen-bond acceptors (Lipinski definition) is 4. The number of nitrogens with one attached hydrogen (secondary N) is 1. The Labute approximate surface area is 139 Å². The quantitative estimate of drug-likeness (QED) is 0.939. The highest BCUT2D eigenvalue weighted by molar-refractivity contribution is 7.10. The van der Waals surface area contributed by atoms with Gasteiger partial charge in [-0.3, -0.25) is 4.79 Å². The summed E-state index contributed by atoms with van der Waals surface area (Å²) in [5.41, 5.74) is 2.39. The van der Waals surface area contributed by atoms with Crippen molar-refractivity contribution < 1.29 is 9.53 Å². The van der Waals surface area contributed by atoms with E-state index in [4.69, 9.17) is 4.74 Å². The van der Waals surface area contributed by atoms with Crippen molar-refractivity contribution in [3.63, 3.8) is 0 Å². The van der Waals surface area contributed by atoms with Crippen molar-refractivity contribution in [2.24, 2.45) is 0 Å². The summed E-state index contributed by atoms with van der Waals surface area (Å²) in [6.07, 6.45) is 5.25. The summed E-state index contributed by atoms with van der Waals surface area (Å²) in [4.78, 5) is 18.2. The summed E-state index contributed by atoms with van der Waals surface area (Å²) in [5.74, 6) is 1.22. The molecule has 1 amide bonds. The van der Waals surface area contributed by atoms with E-state index in [1.165, 1.54) is 10.4 Å². The summed E-state index contributed by atoms with van der Waals surface area (Å²) in [5, 5.41) is 5.27. The van der Waals surface area contributed by atoms with Crippen LogP contribution in [0, 0.1) is 6.92 Å². The maximum atomic E-state index is 12.4. The molecule has 0 radical (unpaired) electrons. The molecule has 2 aromatic heterocycles. The molecule has 2 aliphatic rings. The molecule has 0 spiro atoms. The van der Waals surface area contributed by atoms with E-state index in [1.807, 2.05) is 6.92 Å². The monoisotopic (exact) mass is 331 g/mol. The van der Waals surface area contributed by atoms with E-state index in [-0.39, 0.29) is 18.1 Å². The third-order valence-corrected chi connectivity index (χ3v) is 5.66. The summed E-state index contributed by atoms with van der Waals surface area (Å²) >= 11 is 1.70. The summed E-state index contributed by atoms with van der Waals surface area (Å²) in [7, 11) is 0. The zero-order valence-corrected chi connectivity index (χ0v) is 14.1. The molecule has 0 saturated carbocycles. The van der Waals surface area contributed by atoms with Crippen LogP contribution in [-0.4, -0.2) is 28.1 Å². The first-order valence-electron chi connectivity index (χ1n) is 8.19. The Kier molecular flexibility index (Phi) is 3.95. The number of thiophene rings is 1. The fraction of sp³-hybridized carbons (Fsp3) is 0.529. The third kappa shape index (κ3) is 3.05. The molecule has 0 saturated heterocycles. The summed E-state index contributed by atoms with van der Waals surface area (Å²) < 4.78 is 7.98. The topological polar surface area (TPSA) is 56.2 Å². The Hall–Kier alpha value is -1.66. The first kappa shape index (κ1) is 14.9. The van der Waals surface area contributed by atoms with Crippen LogP contribution in [0.25, 0.3) is 0 Å². The molecule has 5 nitrogen and oxygen atoms in total. The molecular weight excluding hydrogens is 310 g/mol. The van der Waals surface area contributed by atoms with Crippen molar-refractivity contribution >= 4 is 17.2 Å². The Morgan fingerprint density at radius 2 is 2.43 bits per heavy atom. The van der Waals surface area contributed by atoms with Gasteiger partial charge in [-0.1, -0.05) is 0 Å². The van der Waals surface area contributed by atoms with Gasteiger partial charge in [0.2, 0.25) is 5.91 Å². The molecule has 2 aliphatic heterocycles. The van der Waals surface area contributed by atoms with Crippen LogP contribution in [0.15, 0.2) is 17.6 Å². The molecule has 2 aromatic rings. The molecule has 0 aromatic carbocycles. The van der Waals surface area contributed by atoms with Crippen LogP contribution in [0.4, 0.5) is 0 Å². The van der Waals surface area contributed by atoms with Crippen LogP contribution in [0.2, 0.25) is 0 Å². The molecule has 0 aliphatic carbocycles. The van der Waals surface area contributed by atoms with Crippen molar-refractivity contribution in [3.05, 3.63) is 39.6 Å². The largest absolute Gasteiger partial charge is 0.372 e. The highest BCUT2D eigenvalue weighted by atomic mass is 32.1. The average molecular weight is 331 g/mol. The number of aromatic nitrogens is 2. The summed E-state index contributed by atoms with van der Waals surface area (Å²) in [6, 6.07) is 2.34. The second-order valence-electron chi connectivity index (χ2n) is 6.38. The van der Waals surface area contributed by atoms with E-state index >= 15 is 0 Å². The highest BCUT2D eigenvalue weighted by Gasteiger charge is 2.27. The number of carbonyl (C=O) groups is 1. The zero-order valence-electron chi connectivity index (χ0n) is 13.2.